The molecule has 0 rings (SSSR count). The first-order chi connectivity index (χ1) is 4.27. The van der Waals surface area contributed by atoms with E-state index in [9.17, 15) is 4.79 Å². The van der Waals surface area contributed by atoms with Crippen LogP contribution in [0, 0.1) is 0 Å². The Morgan fingerprint density at radius 1 is 1.44 bits per heavy atom. The molecule has 1 N–H and O–H groups in total. The van der Waals surface area contributed by atoms with E-state index in [4.69, 9.17) is 0 Å². The highest BCUT2D eigenvalue weighted by molar-refractivity contribution is 5.73. The van der Waals surface area contributed by atoms with Gasteiger partial charge in [-0.15, -0.1) is 0 Å². The highest BCUT2D eigenvalue weighted by Crippen LogP contribution is 1.71. The molecule has 0 aliphatic carbocycles. The largest absolute Gasteiger partial charge is 0.333 e. The summed E-state index contributed by atoms with van der Waals surface area (Å²) in [6, 6.07) is 0. The lowest BCUT2D eigenvalue weighted by Crippen LogP contribution is -2.10. The van der Waals surface area contributed by atoms with Gasteiger partial charge in [0.1, 0.15) is 0 Å². The fraction of sp³-hybridized carbons (Fsp3) is 0.286. The van der Waals surface area contributed by atoms with Crippen molar-refractivity contribution in [3.63, 3.8) is 0 Å². The Bertz CT molecular complexity index is 136. The second-order valence-electron chi connectivity index (χ2n) is 1.59. The highest BCUT2D eigenvalue weighted by atomic mass is 16.1. The molecule has 0 unspecified atom stereocenters. The summed E-state index contributed by atoms with van der Waals surface area (Å²) in [5.74, 6) is -0.0456. The van der Waals surface area contributed by atoms with Crippen molar-refractivity contribution in [1.29, 1.82) is 0 Å². The van der Waals surface area contributed by atoms with Gasteiger partial charge in [0.05, 0.1) is 0 Å². The van der Waals surface area contributed by atoms with Crippen molar-refractivity contribution < 1.29 is 4.79 Å². The van der Waals surface area contributed by atoms with E-state index in [1.54, 1.807) is 12.3 Å². The van der Waals surface area contributed by atoms with Gasteiger partial charge in [0.25, 0.3) is 0 Å². The molecule has 2 nitrogen and oxygen atoms in total. The van der Waals surface area contributed by atoms with Gasteiger partial charge in [-0.1, -0.05) is 12.2 Å². The second kappa shape index (κ2) is 5.09. The third-order valence-corrected chi connectivity index (χ3v) is 0.686. The minimum atomic E-state index is -0.0456. The number of amides is 1. The van der Waals surface area contributed by atoms with E-state index >= 15 is 0 Å². The Morgan fingerprint density at radius 2 is 2.11 bits per heavy atom. The molecular weight excluding hydrogens is 114 g/mol. The fourth-order valence-electron chi connectivity index (χ4n) is 0.332. The van der Waals surface area contributed by atoms with Gasteiger partial charge < -0.3 is 5.32 Å². The molecule has 50 valence electrons. The maximum atomic E-state index is 10.2. The fourth-order valence-corrected chi connectivity index (χ4v) is 0.332. The Balaban J connectivity index is 3.36. The summed E-state index contributed by atoms with van der Waals surface area (Å²) in [5.41, 5.74) is 0. The predicted molar refractivity (Wildman–Crippen MR) is 37.8 cm³/mol. The first kappa shape index (κ1) is 7.95. The van der Waals surface area contributed by atoms with Crippen LogP contribution in [-0.4, -0.2) is 5.91 Å². The molecule has 0 aliphatic rings. The molecule has 0 saturated heterocycles. The van der Waals surface area contributed by atoms with Gasteiger partial charge in [-0.3, -0.25) is 4.79 Å². The van der Waals surface area contributed by atoms with Gasteiger partial charge in [0.15, 0.2) is 0 Å². The minimum Gasteiger partial charge on any atom is -0.333 e. The minimum absolute atomic E-state index is 0.0456. The average Bonchev–Trinajstić information content (AvgIpc) is 1.80. The molecule has 0 fully saturated rings. The topological polar surface area (TPSA) is 29.1 Å². The molecule has 1 amide bonds. The molecule has 0 atom stereocenters. The molecule has 0 radical (unpaired) electrons. The van der Waals surface area contributed by atoms with E-state index in [0.717, 1.165) is 0 Å². The molecule has 0 saturated carbocycles. The van der Waals surface area contributed by atoms with Crippen molar-refractivity contribution in [2.45, 2.75) is 13.8 Å². The Hall–Kier alpha value is -1.05. The summed E-state index contributed by atoms with van der Waals surface area (Å²) in [5, 5.41) is 2.51. The Labute approximate surface area is 55.3 Å². The van der Waals surface area contributed by atoms with E-state index < -0.39 is 0 Å². The lowest BCUT2D eigenvalue weighted by atomic mass is 10.5. The SMILES string of the molecule is C/C=C\C=C/NC(C)=O. The van der Waals surface area contributed by atoms with Crippen LogP contribution in [0.15, 0.2) is 24.4 Å². The van der Waals surface area contributed by atoms with Crippen LogP contribution in [0.3, 0.4) is 0 Å². The number of rotatable bonds is 2. The van der Waals surface area contributed by atoms with Gasteiger partial charge >= 0.3 is 0 Å². The van der Waals surface area contributed by atoms with Crippen molar-refractivity contribution in [2.75, 3.05) is 0 Å². The number of allylic oxidation sites excluding steroid dienone is 3. The number of nitrogens with one attached hydrogen (secondary N) is 1. The average molecular weight is 125 g/mol. The summed E-state index contributed by atoms with van der Waals surface area (Å²) >= 11 is 0. The molecule has 0 aliphatic heterocycles. The predicted octanol–water partition coefficient (Wildman–Crippen LogP) is 1.21. The van der Waals surface area contributed by atoms with Crippen molar-refractivity contribution in [3.05, 3.63) is 24.4 Å². The van der Waals surface area contributed by atoms with Crippen molar-refractivity contribution in [2.24, 2.45) is 0 Å². The Morgan fingerprint density at radius 3 is 2.56 bits per heavy atom. The molecule has 0 aromatic carbocycles. The second-order valence-corrected chi connectivity index (χ2v) is 1.59. The van der Waals surface area contributed by atoms with E-state index in [1.165, 1.54) is 6.92 Å². The molecule has 0 spiro atoms. The lowest BCUT2D eigenvalue weighted by molar-refractivity contribution is -0.118. The van der Waals surface area contributed by atoms with E-state index in [0.29, 0.717) is 0 Å². The normalized spacial score (nSPS) is 10.9. The molecule has 9 heavy (non-hydrogen) atoms. The van der Waals surface area contributed by atoms with Crippen LogP contribution in [0.5, 0.6) is 0 Å². The molecule has 0 bridgehead atoms. The van der Waals surface area contributed by atoms with E-state index in [1.807, 2.05) is 19.1 Å². The van der Waals surface area contributed by atoms with Crippen molar-refractivity contribution >= 4 is 5.91 Å². The van der Waals surface area contributed by atoms with Gasteiger partial charge in [-0.25, -0.2) is 0 Å². The number of carbonyl (C=O) groups excluding carboxylic acids is 1. The number of carbonyl (C=O) groups is 1. The van der Waals surface area contributed by atoms with Crippen molar-refractivity contribution in [3.8, 4) is 0 Å². The molecule has 0 aromatic heterocycles. The monoisotopic (exact) mass is 125 g/mol. The maximum absolute atomic E-state index is 10.2. The molecular formula is C7H11NO. The number of hydrogen-bond acceptors (Lipinski definition) is 1. The summed E-state index contributed by atoms with van der Waals surface area (Å²) in [6.45, 7) is 3.39. The van der Waals surface area contributed by atoms with Crippen LogP contribution in [-0.2, 0) is 4.79 Å². The van der Waals surface area contributed by atoms with Gasteiger partial charge in [0.2, 0.25) is 5.91 Å². The zero-order valence-corrected chi connectivity index (χ0v) is 5.72. The third-order valence-electron chi connectivity index (χ3n) is 0.686. The van der Waals surface area contributed by atoms with Crippen LogP contribution in [0.25, 0.3) is 0 Å². The highest BCUT2D eigenvalue weighted by Gasteiger charge is 1.78. The third kappa shape index (κ3) is 6.95. The maximum Gasteiger partial charge on any atom is 0.220 e. The summed E-state index contributed by atoms with van der Waals surface area (Å²) in [7, 11) is 0. The van der Waals surface area contributed by atoms with Crippen LogP contribution in [0.2, 0.25) is 0 Å². The zero-order valence-electron chi connectivity index (χ0n) is 5.72. The first-order valence-electron chi connectivity index (χ1n) is 2.82. The first-order valence-corrected chi connectivity index (χ1v) is 2.82. The van der Waals surface area contributed by atoms with E-state index in [-0.39, 0.29) is 5.91 Å². The number of hydrogen-bond donors (Lipinski definition) is 1. The molecule has 2 heteroatoms. The van der Waals surface area contributed by atoms with Gasteiger partial charge in [-0.2, -0.15) is 0 Å². The van der Waals surface area contributed by atoms with Crippen LogP contribution >= 0.6 is 0 Å². The van der Waals surface area contributed by atoms with Gasteiger partial charge in [-0.05, 0) is 13.0 Å². The zero-order chi connectivity index (χ0) is 7.11. The molecule has 0 aromatic rings. The van der Waals surface area contributed by atoms with Crippen LogP contribution < -0.4 is 5.32 Å². The van der Waals surface area contributed by atoms with Gasteiger partial charge in [0, 0.05) is 13.1 Å². The Kier molecular flexibility index (Phi) is 4.50. The summed E-state index contributed by atoms with van der Waals surface area (Å²) in [6.07, 6.45) is 7.10. The standard InChI is InChI=1S/C7H11NO/c1-3-4-5-6-8-7(2)9/h3-6H,1-2H3,(H,8,9)/b4-3-,6-5-. The van der Waals surface area contributed by atoms with E-state index in [2.05, 4.69) is 5.32 Å². The lowest BCUT2D eigenvalue weighted by Gasteiger charge is -1.86. The summed E-state index contributed by atoms with van der Waals surface area (Å²) in [4.78, 5) is 10.2. The van der Waals surface area contributed by atoms with Crippen LogP contribution in [0.1, 0.15) is 13.8 Å². The smallest absolute Gasteiger partial charge is 0.220 e. The quantitative estimate of drug-likeness (QED) is 0.552. The van der Waals surface area contributed by atoms with Crippen LogP contribution in [0.4, 0.5) is 0 Å². The molecule has 0 heterocycles. The summed E-state index contributed by atoms with van der Waals surface area (Å²) < 4.78 is 0. The van der Waals surface area contributed by atoms with Crippen molar-refractivity contribution in [1.82, 2.24) is 5.32 Å².